The number of fused-ring (bicyclic) bond motifs is 1. The summed E-state index contributed by atoms with van der Waals surface area (Å²) in [7, 11) is 0. The fourth-order valence-electron chi connectivity index (χ4n) is 2.99. The predicted octanol–water partition coefficient (Wildman–Crippen LogP) is 2.06. The lowest BCUT2D eigenvalue weighted by Crippen LogP contribution is -2.28. The topological polar surface area (TPSA) is 88.2 Å². The second-order valence-corrected chi connectivity index (χ2v) is 5.73. The van der Waals surface area contributed by atoms with E-state index in [1.54, 1.807) is 0 Å². The molecule has 0 aliphatic heterocycles. The Bertz CT molecular complexity index is 673. The van der Waals surface area contributed by atoms with Crippen LogP contribution >= 0.6 is 0 Å². The van der Waals surface area contributed by atoms with Crippen molar-refractivity contribution in [3.05, 3.63) is 65.0 Å². The average molecular weight is 297 g/mol. The second-order valence-electron chi connectivity index (χ2n) is 5.73. The Morgan fingerprint density at radius 1 is 1.32 bits per heavy atom. The van der Waals surface area contributed by atoms with Crippen LogP contribution in [0.2, 0.25) is 0 Å². The minimum atomic E-state index is -1.03. The van der Waals surface area contributed by atoms with Crippen LogP contribution in [0.1, 0.15) is 28.4 Å². The normalized spacial score (nSPS) is 17.8. The number of aromatic nitrogens is 1. The second kappa shape index (κ2) is 6.15. The molecule has 0 bridgehead atoms. The number of nitrogens with one attached hydrogen (secondary N) is 1. The maximum absolute atomic E-state index is 11.1. The van der Waals surface area contributed by atoms with E-state index in [4.69, 9.17) is 10.8 Å². The first-order chi connectivity index (χ1) is 10.6. The molecular formula is C17H19N3O2. The first kappa shape index (κ1) is 14.5. The van der Waals surface area contributed by atoms with Gasteiger partial charge < -0.3 is 16.2 Å². The molecule has 0 saturated heterocycles. The number of benzene rings is 1. The van der Waals surface area contributed by atoms with Gasteiger partial charge in [0.2, 0.25) is 0 Å². The van der Waals surface area contributed by atoms with E-state index in [2.05, 4.69) is 16.4 Å². The molecule has 1 aliphatic carbocycles. The molecule has 2 unspecified atom stereocenters. The maximum Gasteiger partial charge on any atom is 0.405 e. The van der Waals surface area contributed by atoms with Crippen molar-refractivity contribution in [1.29, 1.82) is 0 Å². The molecule has 1 heterocycles. The maximum atomic E-state index is 11.1. The first-order valence-corrected chi connectivity index (χ1v) is 7.38. The summed E-state index contributed by atoms with van der Waals surface area (Å²) in [4.78, 5) is 15.5. The van der Waals surface area contributed by atoms with E-state index in [9.17, 15) is 4.79 Å². The Hall–Kier alpha value is -2.40. The lowest BCUT2D eigenvalue weighted by Gasteiger charge is -2.17. The van der Waals surface area contributed by atoms with Gasteiger partial charge in [0.15, 0.2) is 0 Å². The molecule has 1 amide bonds. The molecule has 0 saturated carbocycles. The Balaban J connectivity index is 1.82. The van der Waals surface area contributed by atoms with E-state index < -0.39 is 6.09 Å². The highest BCUT2D eigenvalue weighted by molar-refractivity contribution is 5.65. The smallest absolute Gasteiger partial charge is 0.405 e. The van der Waals surface area contributed by atoms with Crippen molar-refractivity contribution >= 4 is 6.09 Å². The lowest BCUT2D eigenvalue weighted by molar-refractivity contribution is 0.189. The lowest BCUT2D eigenvalue weighted by atomic mass is 10.0. The summed E-state index contributed by atoms with van der Waals surface area (Å²) >= 11 is 0. The van der Waals surface area contributed by atoms with Crippen molar-refractivity contribution in [2.24, 2.45) is 5.73 Å². The van der Waals surface area contributed by atoms with Crippen LogP contribution in [0, 0.1) is 0 Å². The van der Waals surface area contributed by atoms with Crippen LogP contribution in [0.4, 0.5) is 4.79 Å². The summed E-state index contributed by atoms with van der Waals surface area (Å²) in [6, 6.07) is 11.5. The zero-order chi connectivity index (χ0) is 15.5. The van der Waals surface area contributed by atoms with Gasteiger partial charge in [0.1, 0.15) is 0 Å². The van der Waals surface area contributed by atoms with Crippen molar-refractivity contribution < 1.29 is 9.90 Å². The molecule has 22 heavy (non-hydrogen) atoms. The molecule has 2 atom stereocenters. The van der Waals surface area contributed by atoms with Crippen molar-refractivity contribution in [3.63, 3.8) is 0 Å². The van der Waals surface area contributed by atoms with E-state index in [1.807, 2.05) is 36.5 Å². The van der Waals surface area contributed by atoms with Gasteiger partial charge in [0.25, 0.3) is 0 Å². The summed E-state index contributed by atoms with van der Waals surface area (Å²) in [5.74, 6) is 0. The van der Waals surface area contributed by atoms with Gasteiger partial charge in [-0.15, -0.1) is 0 Å². The van der Waals surface area contributed by atoms with Crippen LogP contribution in [0.5, 0.6) is 0 Å². The number of amides is 1. The summed E-state index contributed by atoms with van der Waals surface area (Å²) in [5, 5.41) is 11.6. The van der Waals surface area contributed by atoms with Gasteiger partial charge in [-0.1, -0.05) is 30.3 Å². The molecule has 0 fully saturated rings. The Labute approximate surface area is 129 Å². The monoisotopic (exact) mass is 297 g/mol. The molecule has 1 aromatic heterocycles. The first-order valence-electron chi connectivity index (χ1n) is 7.38. The fourth-order valence-corrected chi connectivity index (χ4v) is 2.99. The van der Waals surface area contributed by atoms with Crippen molar-refractivity contribution in [2.75, 3.05) is 0 Å². The summed E-state index contributed by atoms with van der Waals surface area (Å²) in [6.45, 7) is 0. The molecule has 114 valence electrons. The molecule has 2 aromatic rings. The molecule has 5 heteroatoms. The van der Waals surface area contributed by atoms with Crippen molar-refractivity contribution in [2.45, 2.75) is 31.3 Å². The van der Waals surface area contributed by atoms with Gasteiger partial charge in [0.05, 0.1) is 6.04 Å². The Morgan fingerprint density at radius 2 is 2.05 bits per heavy atom. The summed E-state index contributed by atoms with van der Waals surface area (Å²) < 4.78 is 0. The molecular weight excluding hydrogens is 278 g/mol. The predicted molar refractivity (Wildman–Crippen MR) is 83.7 cm³/mol. The third-order valence-corrected chi connectivity index (χ3v) is 4.02. The van der Waals surface area contributed by atoms with Crippen LogP contribution in [0.15, 0.2) is 42.6 Å². The van der Waals surface area contributed by atoms with Crippen LogP contribution < -0.4 is 11.1 Å². The van der Waals surface area contributed by atoms with Gasteiger partial charge in [-0.3, -0.25) is 4.98 Å². The third-order valence-electron chi connectivity index (χ3n) is 4.02. The average Bonchev–Trinajstić information content (AvgIpc) is 2.86. The quantitative estimate of drug-likeness (QED) is 0.806. The minimum Gasteiger partial charge on any atom is -0.465 e. The number of carboxylic acid groups (broad SMARTS) is 1. The van der Waals surface area contributed by atoms with Crippen LogP contribution in [-0.2, 0) is 19.3 Å². The zero-order valence-corrected chi connectivity index (χ0v) is 12.2. The highest BCUT2D eigenvalue weighted by Gasteiger charge is 2.20. The van der Waals surface area contributed by atoms with Gasteiger partial charge >= 0.3 is 6.09 Å². The van der Waals surface area contributed by atoms with Gasteiger partial charge in [-0.25, -0.2) is 4.79 Å². The third kappa shape index (κ3) is 3.26. The number of nitrogens with two attached hydrogens (primary N) is 1. The molecule has 0 spiro atoms. The number of hydrogen-bond acceptors (Lipinski definition) is 3. The van der Waals surface area contributed by atoms with Crippen LogP contribution in [0.3, 0.4) is 0 Å². The van der Waals surface area contributed by atoms with E-state index in [-0.39, 0.29) is 12.1 Å². The summed E-state index contributed by atoms with van der Waals surface area (Å²) in [5.41, 5.74) is 10.2. The highest BCUT2D eigenvalue weighted by Crippen LogP contribution is 2.23. The van der Waals surface area contributed by atoms with E-state index in [1.165, 1.54) is 11.1 Å². The Kier molecular flexibility index (Phi) is 4.06. The van der Waals surface area contributed by atoms with Crippen molar-refractivity contribution in [3.8, 4) is 0 Å². The summed E-state index contributed by atoms with van der Waals surface area (Å²) in [6.07, 6.45) is 3.11. The number of rotatable bonds is 4. The van der Waals surface area contributed by atoms with E-state index >= 15 is 0 Å². The molecule has 5 nitrogen and oxygen atoms in total. The van der Waals surface area contributed by atoms with Crippen LogP contribution in [-0.4, -0.2) is 22.2 Å². The SMILES string of the molecule is NC1Cc2cnc(CC(NC(=O)O)c3ccccc3)cc2C1. The van der Waals surface area contributed by atoms with Crippen LogP contribution in [0.25, 0.3) is 0 Å². The number of pyridine rings is 1. The van der Waals surface area contributed by atoms with E-state index in [0.29, 0.717) is 6.42 Å². The van der Waals surface area contributed by atoms with Gasteiger partial charge in [-0.05, 0) is 35.6 Å². The molecule has 1 aliphatic rings. The number of hydrogen-bond donors (Lipinski definition) is 3. The molecule has 1 aromatic carbocycles. The van der Waals surface area contributed by atoms with E-state index in [0.717, 1.165) is 24.1 Å². The number of carbonyl (C=O) groups is 1. The van der Waals surface area contributed by atoms with Crippen molar-refractivity contribution in [1.82, 2.24) is 10.3 Å². The molecule has 4 N–H and O–H groups in total. The zero-order valence-electron chi connectivity index (χ0n) is 12.2. The fraction of sp³-hybridized carbons (Fsp3) is 0.294. The van der Waals surface area contributed by atoms with Gasteiger partial charge in [-0.2, -0.15) is 0 Å². The largest absolute Gasteiger partial charge is 0.465 e. The molecule has 0 radical (unpaired) electrons. The van der Waals surface area contributed by atoms with Gasteiger partial charge in [0, 0.05) is 24.4 Å². The minimum absolute atomic E-state index is 0.175. The number of nitrogens with zero attached hydrogens (tertiary/aromatic N) is 1. The standard InChI is InChI=1S/C17H19N3O2/c18-14-6-12-8-15(19-10-13(12)7-14)9-16(20-17(21)22)11-4-2-1-3-5-11/h1-5,8,10,14,16,20H,6-7,9,18H2,(H,21,22). The molecule has 3 rings (SSSR count). The highest BCUT2D eigenvalue weighted by atomic mass is 16.4. The Morgan fingerprint density at radius 3 is 2.77 bits per heavy atom.